The molecule has 0 saturated carbocycles. The van der Waals surface area contributed by atoms with Gasteiger partial charge in [-0.3, -0.25) is 25.2 Å². The Morgan fingerprint density at radius 3 is 2.34 bits per heavy atom. The fourth-order valence-electron chi connectivity index (χ4n) is 2.75. The van der Waals surface area contributed by atoms with Gasteiger partial charge in [-0.15, -0.1) is 0 Å². The highest BCUT2D eigenvalue weighted by Crippen LogP contribution is 2.30. The topological polar surface area (TPSA) is 134 Å². The lowest BCUT2D eigenvalue weighted by atomic mass is 10.1. The summed E-state index contributed by atoms with van der Waals surface area (Å²) in [6.45, 7) is 1.79. The molecule has 0 radical (unpaired) electrons. The predicted molar refractivity (Wildman–Crippen MR) is 116 cm³/mol. The fraction of sp³-hybridized carbons (Fsp3) is 0.0909. The molecule has 0 heterocycles. The SMILES string of the molecule is COc1cc(C=Nc2cc([N+](=O)[O-])ccc2C)ccc1OC(=O)c1cccc([N+](=O)[O-])c1. The number of carbonyl (C=O) groups excluding carboxylic acids is 1. The van der Waals surface area contributed by atoms with Gasteiger partial charge in [-0.1, -0.05) is 12.1 Å². The summed E-state index contributed by atoms with van der Waals surface area (Å²) in [5.41, 5.74) is 1.54. The summed E-state index contributed by atoms with van der Waals surface area (Å²) in [6.07, 6.45) is 1.50. The van der Waals surface area contributed by atoms with Crippen LogP contribution in [0.2, 0.25) is 0 Å². The molecular formula is C22H17N3O7. The number of esters is 1. The number of nitrogens with zero attached hydrogens (tertiary/aromatic N) is 3. The Morgan fingerprint density at radius 1 is 0.938 bits per heavy atom. The van der Waals surface area contributed by atoms with Crippen molar-refractivity contribution in [2.24, 2.45) is 4.99 Å². The molecule has 10 heteroatoms. The zero-order chi connectivity index (χ0) is 23.3. The van der Waals surface area contributed by atoms with Crippen molar-refractivity contribution >= 4 is 29.2 Å². The molecule has 3 rings (SSSR count). The molecular weight excluding hydrogens is 418 g/mol. The van der Waals surface area contributed by atoms with Crippen molar-refractivity contribution in [3.63, 3.8) is 0 Å². The molecule has 0 N–H and O–H groups in total. The first kappa shape index (κ1) is 22.1. The Morgan fingerprint density at radius 2 is 1.66 bits per heavy atom. The maximum absolute atomic E-state index is 12.4. The van der Waals surface area contributed by atoms with Gasteiger partial charge in [-0.05, 0) is 42.3 Å². The molecule has 3 aromatic rings. The van der Waals surface area contributed by atoms with Crippen LogP contribution < -0.4 is 9.47 Å². The molecule has 0 atom stereocenters. The van der Waals surface area contributed by atoms with E-state index in [0.717, 1.165) is 11.6 Å². The number of aliphatic imine (C=N–C) groups is 1. The van der Waals surface area contributed by atoms with E-state index in [2.05, 4.69) is 4.99 Å². The van der Waals surface area contributed by atoms with Crippen molar-refractivity contribution in [2.45, 2.75) is 6.92 Å². The highest BCUT2D eigenvalue weighted by Gasteiger charge is 2.16. The summed E-state index contributed by atoms with van der Waals surface area (Å²) in [7, 11) is 1.39. The Balaban J connectivity index is 1.82. The molecule has 0 aliphatic heterocycles. The number of nitro groups is 2. The maximum atomic E-state index is 12.4. The molecule has 0 aliphatic carbocycles. The second kappa shape index (κ2) is 9.47. The molecule has 162 valence electrons. The van der Waals surface area contributed by atoms with Crippen LogP contribution in [-0.4, -0.2) is 29.1 Å². The van der Waals surface area contributed by atoms with Gasteiger partial charge in [-0.2, -0.15) is 0 Å². The van der Waals surface area contributed by atoms with Crippen LogP contribution in [0.3, 0.4) is 0 Å². The number of ether oxygens (including phenoxy) is 2. The van der Waals surface area contributed by atoms with E-state index in [4.69, 9.17) is 9.47 Å². The third kappa shape index (κ3) is 5.11. The maximum Gasteiger partial charge on any atom is 0.343 e. The molecule has 0 spiro atoms. The number of rotatable bonds is 7. The van der Waals surface area contributed by atoms with Crippen molar-refractivity contribution in [3.05, 3.63) is 97.6 Å². The normalized spacial score (nSPS) is 10.7. The Bertz CT molecular complexity index is 1240. The lowest BCUT2D eigenvalue weighted by Gasteiger charge is -2.10. The average Bonchev–Trinajstić information content (AvgIpc) is 2.79. The largest absolute Gasteiger partial charge is 0.493 e. The van der Waals surface area contributed by atoms with Gasteiger partial charge in [0.15, 0.2) is 11.5 Å². The number of carbonyl (C=O) groups is 1. The van der Waals surface area contributed by atoms with Gasteiger partial charge in [0.1, 0.15) is 0 Å². The van der Waals surface area contributed by atoms with E-state index >= 15 is 0 Å². The van der Waals surface area contributed by atoms with Crippen LogP contribution in [0.5, 0.6) is 11.5 Å². The number of hydrogen-bond acceptors (Lipinski definition) is 8. The Hall–Kier alpha value is -4.60. The first-order valence-electron chi connectivity index (χ1n) is 9.22. The zero-order valence-corrected chi connectivity index (χ0v) is 17.1. The summed E-state index contributed by atoms with van der Waals surface area (Å²) in [5.74, 6) is -0.420. The lowest BCUT2D eigenvalue weighted by molar-refractivity contribution is -0.385. The van der Waals surface area contributed by atoms with E-state index in [1.165, 1.54) is 49.7 Å². The van der Waals surface area contributed by atoms with E-state index in [0.29, 0.717) is 11.3 Å². The molecule has 3 aromatic carbocycles. The molecule has 0 aliphatic rings. The predicted octanol–water partition coefficient (Wildman–Crippen LogP) is 4.79. The van der Waals surface area contributed by atoms with Crippen molar-refractivity contribution in [2.75, 3.05) is 7.11 Å². The number of nitro benzene ring substituents is 2. The minimum atomic E-state index is -0.777. The van der Waals surface area contributed by atoms with Crippen LogP contribution in [-0.2, 0) is 0 Å². The van der Waals surface area contributed by atoms with E-state index in [1.54, 1.807) is 25.1 Å². The summed E-state index contributed by atoms with van der Waals surface area (Å²) in [4.78, 5) is 37.5. The van der Waals surface area contributed by atoms with E-state index in [1.807, 2.05) is 0 Å². The number of methoxy groups -OCH3 is 1. The standard InChI is InChI=1S/C22H17N3O7/c1-14-6-8-18(25(29)30)12-19(14)23-13-15-7-9-20(21(10-15)31-2)32-22(26)16-4-3-5-17(11-16)24(27)28/h3-13H,1-2H3. The first-order chi connectivity index (χ1) is 15.3. The summed E-state index contributed by atoms with van der Waals surface area (Å²) in [5, 5.41) is 21.9. The number of benzene rings is 3. The monoisotopic (exact) mass is 435 g/mol. The van der Waals surface area contributed by atoms with Crippen molar-refractivity contribution in [3.8, 4) is 11.5 Å². The average molecular weight is 435 g/mol. The van der Waals surface area contributed by atoms with E-state index in [9.17, 15) is 25.0 Å². The number of aryl methyl sites for hydroxylation is 1. The second-order valence-electron chi connectivity index (χ2n) is 6.59. The van der Waals surface area contributed by atoms with Gasteiger partial charge in [0.25, 0.3) is 11.4 Å². The third-order valence-corrected chi connectivity index (χ3v) is 4.44. The Labute approximate surface area is 182 Å². The van der Waals surface area contributed by atoms with Gasteiger partial charge in [-0.25, -0.2) is 4.79 Å². The second-order valence-corrected chi connectivity index (χ2v) is 6.59. The van der Waals surface area contributed by atoms with Crippen molar-refractivity contribution < 1.29 is 24.1 Å². The highest BCUT2D eigenvalue weighted by atomic mass is 16.6. The molecule has 10 nitrogen and oxygen atoms in total. The molecule has 0 bridgehead atoms. The van der Waals surface area contributed by atoms with Gasteiger partial charge in [0.2, 0.25) is 0 Å². The minimum Gasteiger partial charge on any atom is -0.493 e. The minimum absolute atomic E-state index is 0.0213. The van der Waals surface area contributed by atoms with Crippen molar-refractivity contribution in [1.82, 2.24) is 0 Å². The number of hydrogen-bond donors (Lipinski definition) is 0. The summed E-state index contributed by atoms with van der Waals surface area (Å²) in [6, 6.07) is 14.3. The lowest BCUT2D eigenvalue weighted by Crippen LogP contribution is -2.09. The third-order valence-electron chi connectivity index (χ3n) is 4.44. The van der Waals surface area contributed by atoms with Gasteiger partial charge < -0.3 is 9.47 Å². The van der Waals surface area contributed by atoms with Crippen LogP contribution in [0.4, 0.5) is 17.1 Å². The van der Waals surface area contributed by atoms with E-state index < -0.39 is 15.8 Å². The fourth-order valence-corrected chi connectivity index (χ4v) is 2.75. The smallest absolute Gasteiger partial charge is 0.343 e. The molecule has 0 saturated heterocycles. The molecule has 0 amide bonds. The quantitative estimate of drug-likeness (QED) is 0.171. The summed E-state index contributed by atoms with van der Waals surface area (Å²) < 4.78 is 10.6. The molecule has 0 fully saturated rings. The van der Waals surface area contributed by atoms with Gasteiger partial charge >= 0.3 is 5.97 Å². The molecule has 32 heavy (non-hydrogen) atoms. The van der Waals surface area contributed by atoms with Crippen molar-refractivity contribution in [1.29, 1.82) is 0 Å². The Kier molecular flexibility index (Phi) is 6.54. The van der Waals surface area contributed by atoms with Crippen LogP contribution >= 0.6 is 0 Å². The van der Waals surface area contributed by atoms with Crippen LogP contribution in [0.1, 0.15) is 21.5 Å². The van der Waals surface area contributed by atoms with E-state index in [-0.39, 0.29) is 28.4 Å². The number of non-ortho nitro benzene ring substituents is 2. The molecule has 0 unspecified atom stereocenters. The highest BCUT2D eigenvalue weighted by molar-refractivity contribution is 5.92. The molecule has 0 aromatic heterocycles. The first-order valence-corrected chi connectivity index (χ1v) is 9.22. The van der Waals surface area contributed by atoms with Crippen LogP contribution in [0, 0.1) is 27.2 Å². The van der Waals surface area contributed by atoms with Gasteiger partial charge in [0.05, 0.1) is 28.2 Å². The van der Waals surface area contributed by atoms with Gasteiger partial charge in [0, 0.05) is 30.5 Å². The van der Waals surface area contributed by atoms with Crippen LogP contribution in [0.15, 0.2) is 65.7 Å². The summed E-state index contributed by atoms with van der Waals surface area (Å²) >= 11 is 0. The zero-order valence-electron chi connectivity index (χ0n) is 17.1. The van der Waals surface area contributed by atoms with Crippen LogP contribution in [0.25, 0.3) is 0 Å².